The molecule has 0 amide bonds. The number of likely N-dealkylation sites (tertiary alicyclic amines) is 1. The standard InChI is InChI=1S/C30H33NO3S/c1-20-24(17-31-14-13-30(3,19-31)29(32)33)10-9-23-15-25(11-12-27(20)23)34-18-26-16-28(21(2)35-26)22-7-5-4-6-8-22/h4-8,11-12,15-16H,9-10,13-14,17-19H2,1-3H3,(H,32,33). The van der Waals surface area contributed by atoms with Crippen molar-refractivity contribution in [2.45, 2.75) is 46.6 Å². The third-order valence-electron chi connectivity index (χ3n) is 7.63. The van der Waals surface area contributed by atoms with E-state index < -0.39 is 11.4 Å². The molecule has 2 aromatic carbocycles. The normalized spacial score (nSPS) is 20.2. The van der Waals surface area contributed by atoms with Crippen LogP contribution in [0.4, 0.5) is 0 Å². The van der Waals surface area contributed by atoms with E-state index >= 15 is 0 Å². The van der Waals surface area contributed by atoms with Crippen molar-refractivity contribution in [3.05, 3.63) is 81.1 Å². The maximum absolute atomic E-state index is 11.6. The highest BCUT2D eigenvalue weighted by Gasteiger charge is 2.40. The minimum atomic E-state index is -0.679. The SMILES string of the molecule is CC1=C(CN2CCC(C)(C(=O)O)C2)CCc2cc(OCc3cc(-c4ccccc4)c(C)s3)ccc21. The third kappa shape index (κ3) is 4.93. The molecule has 0 bridgehead atoms. The number of hydrogen-bond acceptors (Lipinski definition) is 4. The smallest absolute Gasteiger partial charge is 0.310 e. The predicted octanol–water partition coefficient (Wildman–Crippen LogP) is 6.82. The number of carbonyl (C=O) groups is 1. The summed E-state index contributed by atoms with van der Waals surface area (Å²) in [5, 5.41) is 9.54. The first kappa shape index (κ1) is 23.8. The lowest BCUT2D eigenvalue weighted by atomic mass is 9.86. The Balaban J connectivity index is 1.25. The van der Waals surface area contributed by atoms with Crippen LogP contribution in [0.2, 0.25) is 0 Å². The number of fused-ring (bicyclic) bond motifs is 1. The van der Waals surface area contributed by atoms with Gasteiger partial charge in [-0.15, -0.1) is 11.3 Å². The summed E-state index contributed by atoms with van der Waals surface area (Å²) in [6.45, 7) is 9.18. The third-order valence-corrected chi connectivity index (χ3v) is 8.65. The van der Waals surface area contributed by atoms with Crippen LogP contribution in [0.1, 0.15) is 47.6 Å². The number of ether oxygens (including phenoxy) is 1. The molecule has 1 saturated heterocycles. The van der Waals surface area contributed by atoms with E-state index in [0.29, 0.717) is 13.2 Å². The Morgan fingerprint density at radius 1 is 1.09 bits per heavy atom. The number of carboxylic acid groups (broad SMARTS) is 1. The summed E-state index contributed by atoms with van der Waals surface area (Å²) in [6.07, 6.45) is 2.75. The molecule has 1 aromatic heterocycles. The first-order chi connectivity index (χ1) is 16.8. The van der Waals surface area contributed by atoms with Gasteiger partial charge >= 0.3 is 5.97 Å². The minimum Gasteiger partial charge on any atom is -0.488 e. The Kier molecular flexibility index (Phi) is 6.56. The van der Waals surface area contributed by atoms with Gasteiger partial charge in [0, 0.05) is 22.8 Å². The summed E-state index contributed by atoms with van der Waals surface area (Å²) in [5.41, 5.74) is 7.34. The number of aryl methyl sites for hydroxylation is 2. The number of nitrogens with zero attached hydrogens (tertiary/aromatic N) is 1. The van der Waals surface area contributed by atoms with E-state index in [1.807, 2.05) is 13.0 Å². The molecule has 182 valence electrons. The quantitative estimate of drug-likeness (QED) is 0.397. The van der Waals surface area contributed by atoms with Crippen LogP contribution < -0.4 is 4.74 Å². The highest BCUT2D eigenvalue weighted by molar-refractivity contribution is 7.12. The highest BCUT2D eigenvalue weighted by atomic mass is 32.1. The van der Waals surface area contributed by atoms with Crippen LogP contribution in [0.5, 0.6) is 5.75 Å². The fourth-order valence-electron chi connectivity index (χ4n) is 5.40. The molecule has 5 rings (SSSR count). The van der Waals surface area contributed by atoms with E-state index in [1.54, 1.807) is 11.3 Å². The van der Waals surface area contributed by atoms with Crippen molar-refractivity contribution in [1.82, 2.24) is 4.90 Å². The van der Waals surface area contributed by atoms with E-state index in [-0.39, 0.29) is 0 Å². The first-order valence-corrected chi connectivity index (χ1v) is 13.2. The molecule has 0 radical (unpaired) electrons. The molecule has 1 aliphatic heterocycles. The summed E-state index contributed by atoms with van der Waals surface area (Å²) < 4.78 is 6.21. The maximum atomic E-state index is 11.6. The zero-order chi connectivity index (χ0) is 24.6. The van der Waals surface area contributed by atoms with Gasteiger partial charge in [0.2, 0.25) is 0 Å². The number of allylic oxidation sites excluding steroid dienone is 1. The van der Waals surface area contributed by atoms with Crippen molar-refractivity contribution in [2.75, 3.05) is 19.6 Å². The fraction of sp³-hybridized carbons (Fsp3) is 0.367. The van der Waals surface area contributed by atoms with Crippen LogP contribution in [0.15, 0.2) is 60.2 Å². The van der Waals surface area contributed by atoms with Crippen molar-refractivity contribution in [3.63, 3.8) is 0 Å². The number of aliphatic carboxylic acids is 1. The van der Waals surface area contributed by atoms with Gasteiger partial charge in [-0.1, -0.05) is 42.0 Å². The van der Waals surface area contributed by atoms with E-state index in [9.17, 15) is 9.90 Å². The van der Waals surface area contributed by atoms with Crippen LogP contribution in [0.25, 0.3) is 16.7 Å². The van der Waals surface area contributed by atoms with Crippen molar-refractivity contribution in [2.24, 2.45) is 5.41 Å². The van der Waals surface area contributed by atoms with Gasteiger partial charge in [-0.25, -0.2) is 0 Å². The highest BCUT2D eigenvalue weighted by Crippen LogP contribution is 2.37. The lowest BCUT2D eigenvalue weighted by molar-refractivity contribution is -0.147. The number of thiophene rings is 1. The average molecular weight is 488 g/mol. The molecule has 2 heterocycles. The lowest BCUT2D eigenvalue weighted by Gasteiger charge is -2.26. The molecule has 3 aromatic rings. The van der Waals surface area contributed by atoms with E-state index in [0.717, 1.165) is 38.1 Å². The van der Waals surface area contributed by atoms with Gasteiger partial charge in [-0.05, 0) is 92.6 Å². The summed E-state index contributed by atoms with van der Waals surface area (Å²) >= 11 is 1.80. The minimum absolute atomic E-state index is 0.578. The van der Waals surface area contributed by atoms with Gasteiger partial charge in [0.15, 0.2) is 0 Å². The van der Waals surface area contributed by atoms with Crippen LogP contribution in [0.3, 0.4) is 0 Å². The topological polar surface area (TPSA) is 49.8 Å². The van der Waals surface area contributed by atoms with Crippen LogP contribution in [-0.4, -0.2) is 35.6 Å². The van der Waals surface area contributed by atoms with Gasteiger partial charge in [-0.3, -0.25) is 9.69 Å². The van der Waals surface area contributed by atoms with Crippen LogP contribution in [-0.2, 0) is 17.8 Å². The number of benzene rings is 2. The molecule has 1 unspecified atom stereocenters. The number of rotatable bonds is 7. The molecular formula is C30H33NO3S. The number of carboxylic acids is 1. The van der Waals surface area contributed by atoms with Crippen LogP contribution >= 0.6 is 11.3 Å². The van der Waals surface area contributed by atoms with Crippen LogP contribution in [0, 0.1) is 12.3 Å². The van der Waals surface area contributed by atoms with Crippen molar-refractivity contribution in [1.29, 1.82) is 0 Å². The Morgan fingerprint density at radius 2 is 1.89 bits per heavy atom. The molecule has 2 aliphatic rings. The molecule has 1 N–H and O–H groups in total. The van der Waals surface area contributed by atoms with Gasteiger partial charge < -0.3 is 9.84 Å². The van der Waals surface area contributed by atoms with Crippen molar-refractivity contribution >= 4 is 22.9 Å². The summed E-state index contributed by atoms with van der Waals surface area (Å²) in [5.74, 6) is 0.241. The van der Waals surface area contributed by atoms with E-state index in [4.69, 9.17) is 4.74 Å². The maximum Gasteiger partial charge on any atom is 0.310 e. The molecule has 1 aliphatic carbocycles. The van der Waals surface area contributed by atoms with E-state index in [1.165, 1.54) is 43.2 Å². The molecular weight excluding hydrogens is 454 g/mol. The molecule has 1 fully saturated rings. The monoisotopic (exact) mass is 487 g/mol. The second-order valence-electron chi connectivity index (χ2n) is 10.2. The molecule has 4 nitrogen and oxygen atoms in total. The van der Waals surface area contributed by atoms with E-state index in [2.05, 4.69) is 67.3 Å². The van der Waals surface area contributed by atoms with Gasteiger partial charge in [0.05, 0.1) is 5.41 Å². The molecule has 5 heteroatoms. The Labute approximate surface area is 211 Å². The summed E-state index contributed by atoms with van der Waals surface area (Å²) in [6, 6.07) is 19.2. The second-order valence-corrected chi connectivity index (χ2v) is 11.6. The second kappa shape index (κ2) is 9.63. The largest absolute Gasteiger partial charge is 0.488 e. The molecule has 0 saturated carbocycles. The zero-order valence-electron chi connectivity index (χ0n) is 20.8. The molecule has 35 heavy (non-hydrogen) atoms. The lowest BCUT2D eigenvalue weighted by Crippen LogP contribution is -2.32. The molecule has 1 atom stereocenters. The zero-order valence-corrected chi connectivity index (χ0v) is 21.6. The Hall–Kier alpha value is -2.89. The molecule has 0 spiro atoms. The summed E-state index contributed by atoms with van der Waals surface area (Å²) in [4.78, 5) is 16.5. The Bertz CT molecular complexity index is 1280. The fourth-order valence-corrected chi connectivity index (χ4v) is 6.38. The number of hydrogen-bond donors (Lipinski definition) is 1. The van der Waals surface area contributed by atoms with Gasteiger partial charge in [-0.2, -0.15) is 0 Å². The first-order valence-electron chi connectivity index (χ1n) is 12.4. The predicted molar refractivity (Wildman–Crippen MR) is 143 cm³/mol. The van der Waals surface area contributed by atoms with Crippen molar-refractivity contribution < 1.29 is 14.6 Å². The summed E-state index contributed by atoms with van der Waals surface area (Å²) in [7, 11) is 0. The Morgan fingerprint density at radius 3 is 2.63 bits per heavy atom. The average Bonchev–Trinajstić information content (AvgIpc) is 3.43. The van der Waals surface area contributed by atoms with Crippen molar-refractivity contribution in [3.8, 4) is 16.9 Å². The van der Waals surface area contributed by atoms with Gasteiger partial charge in [0.25, 0.3) is 0 Å². The van der Waals surface area contributed by atoms with Gasteiger partial charge in [0.1, 0.15) is 12.4 Å².